The minimum atomic E-state index is -0.498. The third-order valence-corrected chi connectivity index (χ3v) is 1.70. The summed E-state index contributed by atoms with van der Waals surface area (Å²) in [5.74, 6) is 0.623. The van der Waals surface area contributed by atoms with Gasteiger partial charge in [-0.3, -0.25) is 0 Å². The molecule has 0 radical (unpaired) electrons. The second-order valence-corrected chi connectivity index (χ2v) is 2.60. The molecule has 0 aromatic heterocycles. The van der Waals surface area contributed by atoms with E-state index < -0.39 is 8.46 Å². The first-order valence-electron chi connectivity index (χ1n) is 2.21. The maximum Gasteiger partial charge on any atom is 0.0647 e. The molecule has 0 aromatic rings. The summed E-state index contributed by atoms with van der Waals surface area (Å²) in [4.78, 5) is 0. The van der Waals surface area contributed by atoms with Crippen LogP contribution in [0, 0.1) is 5.92 Å². The molecule has 0 fully saturated rings. The summed E-state index contributed by atoms with van der Waals surface area (Å²) in [6.45, 7) is 4.15. The predicted molar refractivity (Wildman–Crippen MR) is 30.1 cm³/mol. The van der Waals surface area contributed by atoms with Crippen LogP contribution in [0.5, 0.6) is 0 Å². The fraction of sp³-hybridized carbons (Fsp3) is 1.00. The van der Waals surface area contributed by atoms with Crippen molar-refractivity contribution in [3.63, 3.8) is 0 Å². The van der Waals surface area contributed by atoms with Crippen molar-refractivity contribution in [2.75, 3.05) is 6.16 Å². The Morgan fingerprint density at radius 1 is 1.67 bits per heavy atom. The topological polar surface area (TPSA) is 17.1 Å². The Kier molecular flexibility index (Phi) is 3.55. The molecule has 0 aromatic carbocycles. The smallest absolute Gasteiger partial charge is 0.0647 e. The first-order chi connectivity index (χ1) is 2.77. The third kappa shape index (κ3) is 4.23. The van der Waals surface area contributed by atoms with Crippen molar-refractivity contribution in [1.82, 2.24) is 0 Å². The first-order valence-corrected chi connectivity index (χ1v) is 3.49. The quantitative estimate of drug-likeness (QED) is 0.486. The molecule has 2 heteroatoms. The average molecular weight is 106 g/mol. The van der Waals surface area contributed by atoms with Crippen molar-refractivity contribution in [3.8, 4) is 0 Å². The van der Waals surface area contributed by atoms with E-state index in [1.165, 1.54) is 0 Å². The second-order valence-electron chi connectivity index (χ2n) is 1.80. The van der Waals surface area contributed by atoms with Gasteiger partial charge in [-0.15, -0.1) is 0 Å². The highest BCUT2D eigenvalue weighted by molar-refractivity contribution is 7.23. The fourth-order valence-corrected chi connectivity index (χ4v) is 0.577. The lowest BCUT2D eigenvalue weighted by atomic mass is 10.3. The summed E-state index contributed by atoms with van der Waals surface area (Å²) in [6, 6.07) is 0. The minimum absolute atomic E-state index is 0.498. The molecular formula is C4H11OP. The Labute approximate surface area is 40.0 Å². The number of hydrogen-bond donors (Lipinski definition) is 0. The van der Waals surface area contributed by atoms with E-state index in [1.54, 1.807) is 0 Å². The molecule has 1 nitrogen and oxygen atoms in total. The summed E-state index contributed by atoms with van der Waals surface area (Å²) < 4.78 is 9.82. The molecule has 1 unspecified atom stereocenters. The van der Waals surface area contributed by atoms with Gasteiger partial charge in [-0.05, 0) is 12.1 Å². The molecule has 6 heavy (non-hydrogen) atoms. The molecular weight excluding hydrogens is 95.0 g/mol. The van der Waals surface area contributed by atoms with E-state index in [0.29, 0.717) is 5.92 Å². The zero-order valence-corrected chi connectivity index (χ0v) is 5.42. The van der Waals surface area contributed by atoms with Crippen molar-refractivity contribution >= 4 is 8.46 Å². The second kappa shape index (κ2) is 3.42. The fourth-order valence-electron chi connectivity index (χ4n) is 0.192. The molecule has 0 rings (SSSR count). The molecule has 1 atom stereocenters. The highest BCUT2D eigenvalue weighted by atomic mass is 31.1. The molecule has 0 saturated carbocycles. The minimum Gasteiger partial charge on any atom is -0.330 e. The van der Waals surface area contributed by atoms with Gasteiger partial charge in [-0.1, -0.05) is 13.8 Å². The highest BCUT2D eigenvalue weighted by Crippen LogP contribution is 2.00. The Morgan fingerprint density at radius 3 is 2.17 bits per heavy atom. The lowest BCUT2D eigenvalue weighted by molar-refractivity contribution is 0.591. The highest BCUT2D eigenvalue weighted by Gasteiger charge is 1.85. The zero-order valence-electron chi connectivity index (χ0n) is 4.27. The van der Waals surface area contributed by atoms with Crippen molar-refractivity contribution < 1.29 is 4.57 Å². The molecule has 38 valence electrons. The average Bonchev–Trinajstić information content (AvgIpc) is 1.35. The van der Waals surface area contributed by atoms with Gasteiger partial charge in [0.1, 0.15) is 0 Å². The Balaban J connectivity index is 2.81. The molecule has 0 aliphatic heterocycles. The van der Waals surface area contributed by atoms with E-state index >= 15 is 0 Å². The molecule has 0 heterocycles. The van der Waals surface area contributed by atoms with Gasteiger partial charge in [0.2, 0.25) is 0 Å². The SMILES string of the molecule is CC(C)C[PH2]=O. The van der Waals surface area contributed by atoms with Gasteiger partial charge in [-0.2, -0.15) is 0 Å². The van der Waals surface area contributed by atoms with E-state index in [1.807, 2.05) is 0 Å². The summed E-state index contributed by atoms with van der Waals surface area (Å²) in [6.07, 6.45) is 0.903. The van der Waals surface area contributed by atoms with Crippen LogP contribution in [0.15, 0.2) is 0 Å². The monoisotopic (exact) mass is 106 g/mol. The normalized spacial score (nSPS) is 11.8. The van der Waals surface area contributed by atoms with Gasteiger partial charge in [0.05, 0.1) is 8.46 Å². The van der Waals surface area contributed by atoms with Gasteiger partial charge < -0.3 is 4.57 Å². The Morgan fingerprint density at radius 2 is 2.17 bits per heavy atom. The van der Waals surface area contributed by atoms with Crippen LogP contribution in [-0.2, 0) is 4.57 Å². The van der Waals surface area contributed by atoms with Crippen molar-refractivity contribution in [1.29, 1.82) is 0 Å². The van der Waals surface area contributed by atoms with Gasteiger partial charge in [-0.25, -0.2) is 0 Å². The standard InChI is InChI=1S/C4H11OP/c1-4(2)3-6-5/h4H,3,6H2,1-2H3. The predicted octanol–water partition coefficient (Wildman–Crippen LogP) is 1.40. The van der Waals surface area contributed by atoms with Crippen LogP contribution in [0.2, 0.25) is 0 Å². The van der Waals surface area contributed by atoms with Crippen molar-refractivity contribution in [2.45, 2.75) is 13.8 Å². The van der Waals surface area contributed by atoms with Gasteiger partial charge in [0.25, 0.3) is 0 Å². The Hall–Kier alpha value is 0.230. The molecule has 0 N–H and O–H groups in total. The van der Waals surface area contributed by atoms with E-state index in [2.05, 4.69) is 13.8 Å². The van der Waals surface area contributed by atoms with Crippen LogP contribution in [0.3, 0.4) is 0 Å². The summed E-state index contributed by atoms with van der Waals surface area (Å²) in [7, 11) is -0.498. The van der Waals surface area contributed by atoms with Crippen LogP contribution in [0.4, 0.5) is 0 Å². The third-order valence-electron chi connectivity index (χ3n) is 0.568. The zero-order chi connectivity index (χ0) is 4.99. The van der Waals surface area contributed by atoms with Gasteiger partial charge >= 0.3 is 0 Å². The Bertz CT molecular complexity index is 42.8. The molecule has 0 amide bonds. The molecule has 0 saturated heterocycles. The maximum absolute atomic E-state index is 9.82. The molecule has 0 aliphatic carbocycles. The van der Waals surface area contributed by atoms with E-state index in [4.69, 9.17) is 0 Å². The van der Waals surface area contributed by atoms with Crippen molar-refractivity contribution in [2.24, 2.45) is 5.92 Å². The van der Waals surface area contributed by atoms with Crippen LogP contribution in [0.25, 0.3) is 0 Å². The van der Waals surface area contributed by atoms with Gasteiger partial charge in [0, 0.05) is 0 Å². The van der Waals surface area contributed by atoms with Crippen molar-refractivity contribution in [3.05, 3.63) is 0 Å². The molecule has 0 aliphatic rings. The van der Waals surface area contributed by atoms with Gasteiger partial charge in [0.15, 0.2) is 0 Å². The summed E-state index contributed by atoms with van der Waals surface area (Å²) in [5.41, 5.74) is 0. The lowest BCUT2D eigenvalue weighted by Gasteiger charge is -1.90. The van der Waals surface area contributed by atoms with E-state index in [-0.39, 0.29) is 0 Å². The van der Waals surface area contributed by atoms with Crippen LogP contribution >= 0.6 is 8.46 Å². The van der Waals surface area contributed by atoms with Crippen LogP contribution < -0.4 is 0 Å². The first kappa shape index (κ1) is 6.23. The summed E-state index contributed by atoms with van der Waals surface area (Å²) in [5, 5.41) is 0. The lowest BCUT2D eigenvalue weighted by Crippen LogP contribution is -1.83. The number of rotatable bonds is 2. The largest absolute Gasteiger partial charge is 0.330 e. The van der Waals surface area contributed by atoms with E-state index in [0.717, 1.165) is 6.16 Å². The van der Waals surface area contributed by atoms with E-state index in [9.17, 15) is 4.57 Å². The summed E-state index contributed by atoms with van der Waals surface area (Å²) >= 11 is 0. The maximum atomic E-state index is 9.82. The molecule has 0 bridgehead atoms. The van der Waals surface area contributed by atoms with Crippen LogP contribution in [0.1, 0.15) is 13.8 Å². The van der Waals surface area contributed by atoms with Crippen LogP contribution in [-0.4, -0.2) is 6.16 Å². The number of hydrogen-bond acceptors (Lipinski definition) is 1. The molecule has 0 spiro atoms.